The Balaban J connectivity index is 2.04. The number of nitriles is 1. The van der Waals surface area contributed by atoms with Gasteiger partial charge in [-0.3, -0.25) is 9.36 Å². The van der Waals surface area contributed by atoms with Gasteiger partial charge in [0.05, 0.1) is 11.8 Å². The molecule has 7 nitrogen and oxygen atoms in total. The highest BCUT2D eigenvalue weighted by Gasteiger charge is 2.21. The molecule has 0 saturated carbocycles. The van der Waals surface area contributed by atoms with Gasteiger partial charge in [0.1, 0.15) is 6.04 Å². The Morgan fingerprint density at radius 2 is 2.18 bits per heavy atom. The van der Waals surface area contributed by atoms with Crippen LogP contribution in [0.15, 0.2) is 35.5 Å². The molecule has 1 heterocycles. The van der Waals surface area contributed by atoms with Crippen molar-refractivity contribution in [2.24, 2.45) is 0 Å². The summed E-state index contributed by atoms with van der Waals surface area (Å²) in [5.74, 6) is 0.188. The highest BCUT2D eigenvalue weighted by atomic mass is 32.2. The van der Waals surface area contributed by atoms with Gasteiger partial charge in [-0.05, 0) is 12.5 Å². The van der Waals surface area contributed by atoms with Crippen LogP contribution in [-0.4, -0.2) is 26.4 Å². The number of aromatic nitrogens is 3. The second-order valence-electron chi connectivity index (χ2n) is 4.54. The molecule has 114 valence electrons. The van der Waals surface area contributed by atoms with E-state index in [1.54, 1.807) is 6.92 Å². The van der Waals surface area contributed by atoms with Crippen molar-refractivity contribution in [3.05, 3.63) is 35.9 Å². The van der Waals surface area contributed by atoms with E-state index in [1.807, 2.05) is 36.4 Å². The maximum Gasteiger partial charge on any atom is 0.243 e. The van der Waals surface area contributed by atoms with Crippen molar-refractivity contribution in [1.29, 1.82) is 5.26 Å². The minimum absolute atomic E-state index is 0.155. The number of thioether (sulfide) groups is 1. The van der Waals surface area contributed by atoms with E-state index in [2.05, 4.69) is 15.5 Å². The van der Waals surface area contributed by atoms with E-state index in [4.69, 9.17) is 11.0 Å². The molecule has 0 aliphatic carbocycles. The van der Waals surface area contributed by atoms with Crippen LogP contribution in [-0.2, 0) is 11.3 Å². The second kappa shape index (κ2) is 7.47. The zero-order valence-electron chi connectivity index (χ0n) is 12.1. The third kappa shape index (κ3) is 3.77. The molecule has 0 fully saturated rings. The van der Waals surface area contributed by atoms with Gasteiger partial charge < -0.3 is 11.1 Å². The Morgan fingerprint density at radius 3 is 2.86 bits per heavy atom. The van der Waals surface area contributed by atoms with Gasteiger partial charge in [0.15, 0.2) is 5.16 Å². The summed E-state index contributed by atoms with van der Waals surface area (Å²) in [7, 11) is 0. The van der Waals surface area contributed by atoms with Crippen molar-refractivity contribution in [3.63, 3.8) is 0 Å². The van der Waals surface area contributed by atoms with E-state index in [1.165, 1.54) is 16.3 Å². The fourth-order valence-corrected chi connectivity index (χ4v) is 2.58. The van der Waals surface area contributed by atoms with Crippen LogP contribution in [0.1, 0.15) is 18.5 Å². The maximum atomic E-state index is 12.3. The molecule has 1 atom stereocenters. The average Bonchev–Trinajstić information content (AvgIpc) is 2.91. The van der Waals surface area contributed by atoms with Crippen LogP contribution in [0.25, 0.3) is 0 Å². The Bertz CT molecular complexity index is 678. The van der Waals surface area contributed by atoms with E-state index in [0.29, 0.717) is 11.7 Å². The van der Waals surface area contributed by atoms with Gasteiger partial charge in [-0.15, -0.1) is 10.2 Å². The number of anilines is 1. The summed E-state index contributed by atoms with van der Waals surface area (Å²) in [4.78, 5) is 12.3. The Hall–Kier alpha value is -2.53. The zero-order valence-corrected chi connectivity index (χ0v) is 12.9. The fourth-order valence-electron chi connectivity index (χ4n) is 1.90. The average molecular weight is 316 g/mol. The summed E-state index contributed by atoms with van der Waals surface area (Å²) in [6, 6.07) is 11.1. The lowest BCUT2D eigenvalue weighted by molar-refractivity contribution is -0.124. The number of amides is 1. The van der Waals surface area contributed by atoms with E-state index >= 15 is 0 Å². The molecule has 0 bridgehead atoms. The van der Waals surface area contributed by atoms with Crippen LogP contribution in [0.3, 0.4) is 0 Å². The molecule has 2 aromatic rings. The fraction of sp³-hybridized carbons (Fsp3) is 0.286. The monoisotopic (exact) mass is 316 g/mol. The smallest absolute Gasteiger partial charge is 0.243 e. The summed E-state index contributed by atoms with van der Waals surface area (Å²) in [6.45, 7) is 2.16. The summed E-state index contributed by atoms with van der Waals surface area (Å²) in [5.41, 5.74) is 6.79. The first-order valence-corrected chi connectivity index (χ1v) is 7.63. The van der Waals surface area contributed by atoms with Crippen LogP contribution >= 0.6 is 11.8 Å². The van der Waals surface area contributed by atoms with E-state index in [-0.39, 0.29) is 17.6 Å². The van der Waals surface area contributed by atoms with Gasteiger partial charge in [0, 0.05) is 6.54 Å². The largest absolute Gasteiger partial charge is 0.368 e. The third-order valence-electron chi connectivity index (χ3n) is 3.03. The number of rotatable bonds is 6. The molecule has 8 heteroatoms. The summed E-state index contributed by atoms with van der Waals surface area (Å²) < 4.78 is 1.53. The van der Waals surface area contributed by atoms with Crippen molar-refractivity contribution in [1.82, 2.24) is 20.1 Å². The molecule has 0 aliphatic heterocycles. The molecule has 0 saturated heterocycles. The molecule has 22 heavy (non-hydrogen) atoms. The minimum Gasteiger partial charge on any atom is -0.368 e. The highest BCUT2D eigenvalue weighted by Crippen LogP contribution is 2.22. The summed E-state index contributed by atoms with van der Waals surface area (Å²) in [5, 5.41) is 19.6. The minimum atomic E-state index is -0.556. The Morgan fingerprint density at radius 1 is 1.45 bits per heavy atom. The molecule has 1 unspecified atom stereocenters. The molecule has 3 N–H and O–H groups in total. The lowest BCUT2D eigenvalue weighted by Gasteiger charge is -2.16. The van der Waals surface area contributed by atoms with Gasteiger partial charge in [0.2, 0.25) is 11.9 Å². The molecule has 0 spiro atoms. The Labute approximate surface area is 132 Å². The van der Waals surface area contributed by atoms with Crippen molar-refractivity contribution in [2.75, 3.05) is 11.5 Å². The SMILES string of the molecule is CC(C(=O)NCc1ccccc1)n1c(N)nnc1SCC#N. The van der Waals surface area contributed by atoms with Gasteiger partial charge >= 0.3 is 0 Å². The van der Waals surface area contributed by atoms with E-state index < -0.39 is 6.04 Å². The van der Waals surface area contributed by atoms with Crippen LogP contribution in [0.4, 0.5) is 5.95 Å². The molecule has 1 aromatic heterocycles. The van der Waals surface area contributed by atoms with Gasteiger partial charge in [-0.25, -0.2) is 0 Å². The molecule has 1 aromatic carbocycles. The number of nitrogens with one attached hydrogen (secondary N) is 1. The number of nitrogens with two attached hydrogens (primary N) is 1. The number of benzene rings is 1. The predicted molar refractivity (Wildman–Crippen MR) is 83.8 cm³/mol. The maximum absolute atomic E-state index is 12.3. The van der Waals surface area contributed by atoms with Gasteiger partial charge in [0.25, 0.3) is 0 Å². The molecule has 0 radical (unpaired) electrons. The van der Waals surface area contributed by atoms with Crippen LogP contribution in [0, 0.1) is 11.3 Å². The second-order valence-corrected chi connectivity index (χ2v) is 5.48. The van der Waals surface area contributed by atoms with Crippen molar-refractivity contribution >= 4 is 23.6 Å². The zero-order chi connectivity index (χ0) is 15.9. The van der Waals surface area contributed by atoms with Crippen molar-refractivity contribution in [2.45, 2.75) is 24.7 Å². The first-order valence-electron chi connectivity index (χ1n) is 6.65. The number of nitrogens with zero attached hydrogens (tertiary/aromatic N) is 4. The number of hydrogen-bond acceptors (Lipinski definition) is 6. The molecule has 0 aliphatic rings. The van der Waals surface area contributed by atoms with Crippen LogP contribution in [0.5, 0.6) is 0 Å². The number of hydrogen-bond donors (Lipinski definition) is 2. The van der Waals surface area contributed by atoms with Crippen LogP contribution in [0.2, 0.25) is 0 Å². The summed E-state index contributed by atoms with van der Waals surface area (Å²) in [6.07, 6.45) is 0. The topological polar surface area (TPSA) is 110 Å². The van der Waals surface area contributed by atoms with E-state index in [0.717, 1.165) is 5.56 Å². The number of nitrogen functional groups attached to an aromatic ring is 1. The molecular formula is C14H16N6OS. The van der Waals surface area contributed by atoms with Gasteiger partial charge in [-0.1, -0.05) is 42.1 Å². The first-order chi connectivity index (χ1) is 10.6. The molecule has 2 rings (SSSR count). The molecular weight excluding hydrogens is 300 g/mol. The van der Waals surface area contributed by atoms with Crippen LogP contribution < -0.4 is 11.1 Å². The van der Waals surface area contributed by atoms with Crippen molar-refractivity contribution in [3.8, 4) is 6.07 Å². The summed E-state index contributed by atoms with van der Waals surface area (Å²) >= 11 is 1.20. The lowest BCUT2D eigenvalue weighted by Crippen LogP contribution is -2.31. The lowest BCUT2D eigenvalue weighted by atomic mass is 10.2. The van der Waals surface area contributed by atoms with E-state index in [9.17, 15) is 4.79 Å². The van der Waals surface area contributed by atoms with Gasteiger partial charge in [-0.2, -0.15) is 5.26 Å². The predicted octanol–water partition coefficient (Wildman–Crippen LogP) is 1.35. The normalized spacial score (nSPS) is 11.6. The number of carbonyl (C=O) groups is 1. The molecule has 1 amide bonds. The standard InChI is InChI=1S/C14H16N6OS/c1-10(12(21)17-9-11-5-3-2-4-6-11)20-13(16)18-19-14(20)22-8-7-15/h2-6,10H,8-9H2,1H3,(H2,16,18)(H,17,21). The Kier molecular flexibility index (Phi) is 5.38. The highest BCUT2D eigenvalue weighted by molar-refractivity contribution is 7.99. The number of carbonyl (C=O) groups excluding carboxylic acids is 1. The first kappa shape index (κ1) is 15.9. The quantitative estimate of drug-likeness (QED) is 0.779. The van der Waals surface area contributed by atoms with Crippen molar-refractivity contribution < 1.29 is 4.79 Å². The third-order valence-corrected chi connectivity index (χ3v) is 3.84.